The second-order valence-corrected chi connectivity index (χ2v) is 5.01. The fourth-order valence-electron chi connectivity index (χ4n) is 2.11. The van der Waals surface area contributed by atoms with Gasteiger partial charge in [0.15, 0.2) is 11.6 Å². The number of aliphatic hydroxyl groups is 1. The smallest absolute Gasteiger partial charge is 0.251 e. The van der Waals surface area contributed by atoms with Gasteiger partial charge >= 0.3 is 0 Å². The van der Waals surface area contributed by atoms with Crippen LogP contribution >= 0.6 is 0 Å². The fourth-order valence-corrected chi connectivity index (χ4v) is 2.11. The van der Waals surface area contributed by atoms with Crippen LogP contribution in [0.5, 0.6) is 5.75 Å². The van der Waals surface area contributed by atoms with E-state index in [1.54, 1.807) is 0 Å². The number of amides is 1. The van der Waals surface area contributed by atoms with Crippen molar-refractivity contribution in [2.75, 3.05) is 20.3 Å². The number of nitrogens with one attached hydrogen (secondary N) is 1. The van der Waals surface area contributed by atoms with E-state index >= 15 is 0 Å². The maximum atomic E-state index is 13.5. The molecular formula is C14H18FNO3. The average molecular weight is 267 g/mol. The van der Waals surface area contributed by atoms with Crippen LogP contribution in [0.1, 0.15) is 29.6 Å². The molecular weight excluding hydrogens is 249 g/mol. The molecule has 5 heteroatoms. The van der Waals surface area contributed by atoms with Crippen LogP contribution in [0.25, 0.3) is 0 Å². The molecule has 0 bridgehead atoms. The van der Waals surface area contributed by atoms with Gasteiger partial charge in [-0.15, -0.1) is 0 Å². The molecule has 0 heterocycles. The SMILES string of the molecule is COc1ccc(C(=O)NCC2(CCO)CC2)cc1F. The second kappa shape index (κ2) is 5.57. The van der Waals surface area contributed by atoms with Crippen molar-refractivity contribution in [3.8, 4) is 5.75 Å². The van der Waals surface area contributed by atoms with Crippen LogP contribution < -0.4 is 10.1 Å². The van der Waals surface area contributed by atoms with Crippen LogP contribution in [0, 0.1) is 11.2 Å². The highest BCUT2D eigenvalue weighted by Crippen LogP contribution is 2.47. The molecule has 1 aliphatic rings. The number of ether oxygens (including phenoxy) is 1. The number of aliphatic hydroxyl groups excluding tert-OH is 1. The predicted octanol–water partition coefficient (Wildman–Crippen LogP) is 1.73. The first kappa shape index (κ1) is 13.8. The lowest BCUT2D eigenvalue weighted by atomic mass is 10.0. The van der Waals surface area contributed by atoms with Gasteiger partial charge in [0.05, 0.1) is 7.11 Å². The van der Waals surface area contributed by atoms with Crippen molar-refractivity contribution in [1.82, 2.24) is 5.32 Å². The normalized spacial score (nSPS) is 15.9. The van der Waals surface area contributed by atoms with Gasteiger partial charge in [-0.25, -0.2) is 4.39 Å². The van der Waals surface area contributed by atoms with E-state index in [0.717, 1.165) is 12.8 Å². The van der Waals surface area contributed by atoms with E-state index < -0.39 is 5.82 Å². The summed E-state index contributed by atoms with van der Waals surface area (Å²) in [5, 5.41) is 11.7. The second-order valence-electron chi connectivity index (χ2n) is 5.01. The number of hydrogen-bond donors (Lipinski definition) is 2. The van der Waals surface area contributed by atoms with Gasteiger partial charge in [-0.1, -0.05) is 0 Å². The van der Waals surface area contributed by atoms with Crippen LogP contribution in [0.15, 0.2) is 18.2 Å². The standard InChI is InChI=1S/C14H18FNO3/c1-19-12-3-2-10(8-11(12)15)13(18)16-9-14(4-5-14)6-7-17/h2-3,8,17H,4-7,9H2,1H3,(H,16,18). The van der Waals surface area contributed by atoms with Crippen LogP contribution in [0.3, 0.4) is 0 Å². The Balaban J connectivity index is 1.95. The summed E-state index contributed by atoms with van der Waals surface area (Å²) in [5.74, 6) is -0.729. The third-order valence-corrected chi connectivity index (χ3v) is 3.64. The van der Waals surface area contributed by atoms with Gasteiger partial charge in [-0.3, -0.25) is 4.79 Å². The van der Waals surface area contributed by atoms with Crippen LogP contribution in [-0.4, -0.2) is 31.3 Å². The third kappa shape index (κ3) is 3.23. The summed E-state index contributed by atoms with van der Waals surface area (Å²) >= 11 is 0. The van der Waals surface area contributed by atoms with E-state index in [1.165, 1.54) is 25.3 Å². The van der Waals surface area contributed by atoms with Crippen molar-refractivity contribution in [1.29, 1.82) is 0 Å². The van der Waals surface area contributed by atoms with E-state index in [0.29, 0.717) is 13.0 Å². The molecule has 0 saturated heterocycles. The molecule has 0 unspecified atom stereocenters. The lowest BCUT2D eigenvalue weighted by Gasteiger charge is -2.14. The summed E-state index contributed by atoms with van der Waals surface area (Å²) in [6.45, 7) is 0.660. The van der Waals surface area contributed by atoms with Crippen molar-refractivity contribution in [3.63, 3.8) is 0 Å². The first-order chi connectivity index (χ1) is 9.10. The van der Waals surface area contributed by atoms with Crippen molar-refractivity contribution in [3.05, 3.63) is 29.6 Å². The number of benzene rings is 1. The summed E-state index contributed by atoms with van der Waals surface area (Å²) in [5.41, 5.74) is 0.327. The zero-order chi connectivity index (χ0) is 13.9. The molecule has 0 spiro atoms. The molecule has 2 rings (SSSR count). The molecule has 1 saturated carbocycles. The molecule has 1 aliphatic carbocycles. The highest BCUT2D eigenvalue weighted by atomic mass is 19.1. The van der Waals surface area contributed by atoms with Gasteiger partial charge < -0.3 is 15.2 Å². The number of hydrogen-bond acceptors (Lipinski definition) is 3. The third-order valence-electron chi connectivity index (χ3n) is 3.64. The Kier molecular flexibility index (Phi) is 4.04. The Morgan fingerprint density at radius 2 is 2.26 bits per heavy atom. The molecule has 0 atom stereocenters. The number of methoxy groups -OCH3 is 1. The van der Waals surface area contributed by atoms with Crippen molar-refractivity contribution < 1.29 is 19.0 Å². The van der Waals surface area contributed by atoms with Crippen molar-refractivity contribution >= 4 is 5.91 Å². The average Bonchev–Trinajstić information content (AvgIpc) is 3.16. The van der Waals surface area contributed by atoms with Gasteiger partial charge in [0.25, 0.3) is 5.91 Å². The number of rotatable bonds is 6. The highest BCUT2D eigenvalue weighted by molar-refractivity contribution is 5.94. The minimum absolute atomic E-state index is 0.0510. The Bertz CT molecular complexity index is 472. The summed E-state index contributed by atoms with van der Waals surface area (Å²) < 4.78 is 18.3. The largest absolute Gasteiger partial charge is 0.494 e. The van der Waals surface area contributed by atoms with Gasteiger partial charge in [0.1, 0.15) is 0 Å². The highest BCUT2D eigenvalue weighted by Gasteiger charge is 2.41. The molecule has 0 aromatic heterocycles. The van der Waals surface area contributed by atoms with Gasteiger partial charge in [-0.2, -0.15) is 0 Å². The van der Waals surface area contributed by atoms with E-state index in [-0.39, 0.29) is 29.2 Å². The Morgan fingerprint density at radius 1 is 1.53 bits per heavy atom. The monoisotopic (exact) mass is 267 g/mol. The molecule has 0 aliphatic heterocycles. The van der Waals surface area contributed by atoms with E-state index in [4.69, 9.17) is 9.84 Å². The summed E-state index contributed by atoms with van der Waals surface area (Å²) in [6.07, 6.45) is 2.74. The van der Waals surface area contributed by atoms with Gasteiger partial charge in [0, 0.05) is 18.7 Å². The van der Waals surface area contributed by atoms with Crippen molar-refractivity contribution in [2.45, 2.75) is 19.3 Å². The molecule has 4 nitrogen and oxygen atoms in total. The Hall–Kier alpha value is -1.62. The first-order valence-corrected chi connectivity index (χ1v) is 6.33. The number of halogens is 1. The number of carbonyl (C=O) groups is 1. The maximum absolute atomic E-state index is 13.5. The van der Waals surface area contributed by atoms with Crippen LogP contribution in [-0.2, 0) is 0 Å². The maximum Gasteiger partial charge on any atom is 0.251 e. The summed E-state index contributed by atoms with van der Waals surface area (Å²) in [4.78, 5) is 11.9. The van der Waals surface area contributed by atoms with Crippen molar-refractivity contribution in [2.24, 2.45) is 5.41 Å². The first-order valence-electron chi connectivity index (χ1n) is 6.33. The van der Waals surface area contributed by atoms with Crippen LogP contribution in [0.4, 0.5) is 4.39 Å². The zero-order valence-electron chi connectivity index (χ0n) is 10.9. The molecule has 1 amide bonds. The summed E-state index contributed by atoms with van der Waals surface area (Å²) in [6, 6.07) is 4.13. The minimum Gasteiger partial charge on any atom is -0.494 e. The molecule has 1 aromatic carbocycles. The van der Waals surface area contributed by atoms with Crippen LogP contribution in [0.2, 0.25) is 0 Å². The summed E-state index contributed by atoms with van der Waals surface area (Å²) in [7, 11) is 1.38. The molecule has 104 valence electrons. The van der Waals surface area contributed by atoms with Gasteiger partial charge in [0.2, 0.25) is 0 Å². The zero-order valence-corrected chi connectivity index (χ0v) is 10.9. The molecule has 2 N–H and O–H groups in total. The molecule has 0 radical (unpaired) electrons. The van der Waals surface area contributed by atoms with E-state index in [1.807, 2.05) is 0 Å². The predicted molar refractivity (Wildman–Crippen MR) is 68.7 cm³/mol. The van der Waals surface area contributed by atoms with E-state index in [2.05, 4.69) is 5.32 Å². The lowest BCUT2D eigenvalue weighted by Crippen LogP contribution is -2.30. The Morgan fingerprint density at radius 3 is 2.79 bits per heavy atom. The number of carbonyl (C=O) groups excluding carboxylic acids is 1. The minimum atomic E-state index is -0.549. The topological polar surface area (TPSA) is 58.6 Å². The fraction of sp³-hybridized carbons (Fsp3) is 0.500. The molecule has 1 aromatic rings. The molecule has 1 fully saturated rings. The van der Waals surface area contributed by atoms with Gasteiger partial charge in [-0.05, 0) is 42.9 Å². The molecule has 19 heavy (non-hydrogen) atoms. The van der Waals surface area contributed by atoms with E-state index in [9.17, 15) is 9.18 Å². The lowest BCUT2D eigenvalue weighted by molar-refractivity contribution is 0.0940. The Labute approximate surface area is 111 Å². The quantitative estimate of drug-likeness (QED) is 0.825.